The first-order chi connectivity index (χ1) is 9.28. The zero-order chi connectivity index (χ0) is 13.7. The molecule has 1 aromatic rings. The van der Waals surface area contributed by atoms with Crippen LogP contribution in [0.1, 0.15) is 17.2 Å². The van der Waals surface area contributed by atoms with Crippen molar-refractivity contribution in [3.63, 3.8) is 0 Å². The summed E-state index contributed by atoms with van der Waals surface area (Å²) in [6.07, 6.45) is 3.42. The number of rotatable bonds is 5. The largest absolute Gasteiger partial charge is 0.496 e. The smallest absolute Gasteiger partial charge is 0.209 e. The van der Waals surface area contributed by atoms with Crippen molar-refractivity contribution in [1.82, 2.24) is 4.90 Å². The first kappa shape index (κ1) is 13.6. The van der Waals surface area contributed by atoms with Gasteiger partial charge in [0.15, 0.2) is 0 Å². The van der Waals surface area contributed by atoms with Crippen LogP contribution in [0.2, 0.25) is 0 Å². The van der Waals surface area contributed by atoms with E-state index in [4.69, 9.17) is 9.47 Å². The third-order valence-electron chi connectivity index (χ3n) is 3.29. The molecule has 1 aliphatic rings. The molecule has 1 atom stereocenters. The van der Waals surface area contributed by atoms with Crippen LogP contribution in [0.25, 0.3) is 0 Å². The molecular weight excluding hydrogens is 242 g/mol. The van der Waals surface area contributed by atoms with Gasteiger partial charge < -0.3 is 14.4 Å². The lowest BCUT2D eigenvalue weighted by atomic mass is 10.0. The Kier molecular flexibility index (Phi) is 4.58. The van der Waals surface area contributed by atoms with Crippen molar-refractivity contribution in [3.8, 4) is 5.75 Å². The molecule has 102 valence electrons. The Morgan fingerprint density at radius 3 is 3.11 bits per heavy atom. The van der Waals surface area contributed by atoms with Gasteiger partial charge in [-0.25, -0.2) is 0 Å². The SMILES string of the molecule is C=CCc1cc(C2CN(C=O)CCO2)ccc1OC. The quantitative estimate of drug-likeness (QED) is 0.600. The minimum Gasteiger partial charge on any atom is -0.496 e. The van der Waals surface area contributed by atoms with E-state index < -0.39 is 0 Å². The summed E-state index contributed by atoms with van der Waals surface area (Å²) in [6.45, 7) is 5.60. The molecule has 1 fully saturated rings. The van der Waals surface area contributed by atoms with Crippen LogP contribution in [0, 0.1) is 0 Å². The standard InChI is InChI=1S/C15H19NO3/c1-3-4-12-9-13(5-6-14(12)18-2)15-10-16(11-17)7-8-19-15/h3,5-6,9,11,15H,1,4,7-8,10H2,2H3. The summed E-state index contributed by atoms with van der Waals surface area (Å²) in [6, 6.07) is 6.00. The molecule has 4 heteroatoms. The molecule has 0 N–H and O–H groups in total. The normalized spacial score (nSPS) is 19.0. The van der Waals surface area contributed by atoms with Crippen molar-refractivity contribution in [1.29, 1.82) is 0 Å². The van der Waals surface area contributed by atoms with Gasteiger partial charge in [0.05, 0.1) is 20.3 Å². The lowest BCUT2D eigenvalue weighted by Crippen LogP contribution is -2.37. The van der Waals surface area contributed by atoms with Gasteiger partial charge in [-0.05, 0) is 29.7 Å². The fraction of sp³-hybridized carbons (Fsp3) is 0.400. The van der Waals surface area contributed by atoms with Crippen LogP contribution in [-0.4, -0.2) is 38.1 Å². The van der Waals surface area contributed by atoms with E-state index in [1.807, 2.05) is 18.2 Å². The van der Waals surface area contributed by atoms with Crippen LogP contribution in [-0.2, 0) is 16.0 Å². The maximum atomic E-state index is 10.8. The maximum Gasteiger partial charge on any atom is 0.209 e. The fourth-order valence-corrected chi connectivity index (χ4v) is 2.28. The highest BCUT2D eigenvalue weighted by molar-refractivity contribution is 5.47. The van der Waals surface area contributed by atoms with E-state index in [-0.39, 0.29) is 6.10 Å². The molecule has 0 aliphatic carbocycles. The lowest BCUT2D eigenvalue weighted by molar-refractivity contribution is -0.125. The van der Waals surface area contributed by atoms with Crippen LogP contribution >= 0.6 is 0 Å². The van der Waals surface area contributed by atoms with Crippen molar-refractivity contribution < 1.29 is 14.3 Å². The summed E-state index contributed by atoms with van der Waals surface area (Å²) in [5.41, 5.74) is 2.16. The number of ether oxygens (including phenoxy) is 2. The molecular formula is C15H19NO3. The molecule has 4 nitrogen and oxygen atoms in total. The Labute approximate surface area is 113 Å². The van der Waals surface area contributed by atoms with Gasteiger partial charge in [0, 0.05) is 6.54 Å². The summed E-state index contributed by atoms with van der Waals surface area (Å²) < 4.78 is 11.1. The second kappa shape index (κ2) is 6.38. The van der Waals surface area contributed by atoms with Gasteiger partial charge in [0.1, 0.15) is 11.9 Å². The van der Waals surface area contributed by atoms with E-state index in [0.29, 0.717) is 19.7 Å². The molecule has 0 bridgehead atoms. The number of carbonyl (C=O) groups is 1. The Bertz CT molecular complexity index is 459. The summed E-state index contributed by atoms with van der Waals surface area (Å²) in [5, 5.41) is 0. The number of hydrogen-bond acceptors (Lipinski definition) is 3. The van der Waals surface area contributed by atoms with Crippen LogP contribution in [0.5, 0.6) is 5.75 Å². The number of morpholine rings is 1. The Hall–Kier alpha value is -1.81. The molecule has 1 unspecified atom stereocenters. The number of methoxy groups -OCH3 is 1. The Morgan fingerprint density at radius 2 is 2.42 bits per heavy atom. The predicted molar refractivity (Wildman–Crippen MR) is 73.2 cm³/mol. The molecule has 1 saturated heterocycles. The zero-order valence-corrected chi connectivity index (χ0v) is 11.2. The van der Waals surface area contributed by atoms with Gasteiger partial charge in [-0.1, -0.05) is 12.1 Å². The molecule has 1 heterocycles. The lowest BCUT2D eigenvalue weighted by Gasteiger charge is -2.30. The van der Waals surface area contributed by atoms with Crippen LogP contribution < -0.4 is 4.74 Å². The number of allylic oxidation sites excluding steroid dienone is 1. The summed E-state index contributed by atoms with van der Waals surface area (Å²) in [5.74, 6) is 0.853. The van der Waals surface area contributed by atoms with Gasteiger partial charge in [-0.2, -0.15) is 0 Å². The van der Waals surface area contributed by atoms with Crippen LogP contribution in [0.4, 0.5) is 0 Å². The van der Waals surface area contributed by atoms with E-state index in [1.54, 1.807) is 12.0 Å². The number of carbonyl (C=O) groups excluding carboxylic acids is 1. The van der Waals surface area contributed by atoms with E-state index in [9.17, 15) is 4.79 Å². The van der Waals surface area contributed by atoms with Crippen LogP contribution in [0.15, 0.2) is 30.9 Å². The molecule has 1 aliphatic heterocycles. The fourth-order valence-electron chi connectivity index (χ4n) is 2.28. The minimum absolute atomic E-state index is 0.0616. The second-order valence-corrected chi connectivity index (χ2v) is 4.52. The molecule has 0 saturated carbocycles. The van der Waals surface area contributed by atoms with E-state index in [2.05, 4.69) is 12.6 Å². The van der Waals surface area contributed by atoms with E-state index in [0.717, 1.165) is 29.7 Å². The highest BCUT2D eigenvalue weighted by Crippen LogP contribution is 2.27. The van der Waals surface area contributed by atoms with Gasteiger partial charge >= 0.3 is 0 Å². The number of hydrogen-bond donors (Lipinski definition) is 0. The van der Waals surface area contributed by atoms with Gasteiger partial charge in [-0.3, -0.25) is 4.79 Å². The van der Waals surface area contributed by atoms with Gasteiger partial charge in [0.2, 0.25) is 6.41 Å². The average molecular weight is 261 g/mol. The second-order valence-electron chi connectivity index (χ2n) is 4.52. The third-order valence-corrected chi connectivity index (χ3v) is 3.29. The number of benzene rings is 1. The van der Waals surface area contributed by atoms with Crippen molar-refractivity contribution >= 4 is 6.41 Å². The first-order valence-electron chi connectivity index (χ1n) is 6.37. The molecule has 19 heavy (non-hydrogen) atoms. The van der Waals surface area contributed by atoms with Crippen molar-refractivity contribution in [3.05, 3.63) is 42.0 Å². The van der Waals surface area contributed by atoms with E-state index >= 15 is 0 Å². The zero-order valence-electron chi connectivity index (χ0n) is 11.2. The topological polar surface area (TPSA) is 38.8 Å². The Morgan fingerprint density at radius 1 is 1.58 bits per heavy atom. The number of nitrogens with zero attached hydrogens (tertiary/aromatic N) is 1. The highest BCUT2D eigenvalue weighted by atomic mass is 16.5. The summed E-state index contributed by atoms with van der Waals surface area (Å²) >= 11 is 0. The van der Waals surface area contributed by atoms with Crippen LogP contribution in [0.3, 0.4) is 0 Å². The predicted octanol–water partition coefficient (Wildman–Crippen LogP) is 1.95. The minimum atomic E-state index is -0.0616. The van der Waals surface area contributed by atoms with E-state index in [1.165, 1.54) is 0 Å². The molecule has 2 rings (SSSR count). The maximum absolute atomic E-state index is 10.8. The monoisotopic (exact) mass is 261 g/mol. The van der Waals surface area contributed by atoms with Gasteiger partial charge in [0.25, 0.3) is 0 Å². The molecule has 0 aromatic heterocycles. The Balaban J connectivity index is 2.21. The third kappa shape index (κ3) is 3.15. The van der Waals surface area contributed by atoms with Gasteiger partial charge in [-0.15, -0.1) is 6.58 Å². The first-order valence-corrected chi connectivity index (χ1v) is 6.37. The summed E-state index contributed by atoms with van der Waals surface area (Å²) in [7, 11) is 1.66. The van der Waals surface area contributed by atoms with Crippen molar-refractivity contribution in [2.45, 2.75) is 12.5 Å². The number of amides is 1. The highest BCUT2D eigenvalue weighted by Gasteiger charge is 2.21. The summed E-state index contributed by atoms with van der Waals surface area (Å²) in [4.78, 5) is 12.6. The van der Waals surface area contributed by atoms with Crippen molar-refractivity contribution in [2.24, 2.45) is 0 Å². The average Bonchev–Trinajstić information content (AvgIpc) is 2.47. The van der Waals surface area contributed by atoms with Crippen molar-refractivity contribution in [2.75, 3.05) is 26.8 Å². The molecule has 1 aromatic carbocycles. The molecule has 1 amide bonds. The molecule has 0 radical (unpaired) electrons. The molecule has 0 spiro atoms.